The van der Waals surface area contributed by atoms with Crippen molar-refractivity contribution in [3.63, 3.8) is 0 Å². The number of aryl methyl sites for hydroxylation is 1. The number of rotatable bonds is 5. The summed E-state index contributed by atoms with van der Waals surface area (Å²) in [5.41, 5.74) is 6.25. The Labute approximate surface area is 174 Å². The Balaban J connectivity index is 1.61. The van der Waals surface area contributed by atoms with Gasteiger partial charge in [-0.1, -0.05) is 0 Å². The van der Waals surface area contributed by atoms with Gasteiger partial charge in [-0.15, -0.1) is 0 Å². The van der Waals surface area contributed by atoms with Crippen molar-refractivity contribution in [2.75, 3.05) is 36.9 Å². The van der Waals surface area contributed by atoms with E-state index in [1.165, 1.54) is 0 Å². The molecule has 0 bridgehead atoms. The molecule has 3 amide bonds. The molecule has 0 unspecified atom stereocenters. The Bertz CT molecular complexity index is 959. The van der Waals surface area contributed by atoms with Crippen LogP contribution in [0.15, 0.2) is 18.6 Å². The third-order valence-corrected chi connectivity index (χ3v) is 5.85. The summed E-state index contributed by atoms with van der Waals surface area (Å²) in [6.07, 6.45) is 6.87. The molecule has 11 nitrogen and oxygen atoms in total. The first kappa shape index (κ1) is 19.9. The van der Waals surface area contributed by atoms with Gasteiger partial charge in [-0.25, -0.2) is 14.8 Å². The van der Waals surface area contributed by atoms with E-state index in [1.54, 1.807) is 35.2 Å². The summed E-state index contributed by atoms with van der Waals surface area (Å²) in [5.74, 6) is 0.276. The van der Waals surface area contributed by atoms with Crippen molar-refractivity contribution in [1.82, 2.24) is 29.5 Å². The van der Waals surface area contributed by atoms with E-state index in [0.717, 1.165) is 32.5 Å². The highest BCUT2D eigenvalue weighted by atomic mass is 16.2. The van der Waals surface area contributed by atoms with Gasteiger partial charge in [-0.2, -0.15) is 5.10 Å². The Morgan fingerprint density at radius 3 is 2.63 bits per heavy atom. The van der Waals surface area contributed by atoms with E-state index >= 15 is 0 Å². The van der Waals surface area contributed by atoms with Crippen LogP contribution in [0.25, 0.3) is 0 Å². The van der Waals surface area contributed by atoms with Crippen LogP contribution in [0.5, 0.6) is 0 Å². The number of anilines is 3. The lowest BCUT2D eigenvalue weighted by Crippen LogP contribution is -2.55. The maximum absolute atomic E-state index is 12.5. The number of piperidine rings is 1. The average Bonchev–Trinajstić information content (AvgIpc) is 3.27. The summed E-state index contributed by atoms with van der Waals surface area (Å²) in [5, 5.41) is 7.21. The van der Waals surface area contributed by atoms with Gasteiger partial charge in [0.1, 0.15) is 5.82 Å². The zero-order valence-corrected chi connectivity index (χ0v) is 17.4. The number of nitrogens with two attached hydrogens (primary N) is 1. The third kappa shape index (κ3) is 3.62. The van der Waals surface area contributed by atoms with Gasteiger partial charge in [0, 0.05) is 46.0 Å². The molecule has 30 heavy (non-hydrogen) atoms. The lowest BCUT2D eigenvalue weighted by atomic mass is 9.96. The summed E-state index contributed by atoms with van der Waals surface area (Å²) in [4.78, 5) is 39.2. The molecular weight excluding hydrogens is 386 g/mol. The second-order valence-corrected chi connectivity index (χ2v) is 7.86. The first-order chi connectivity index (χ1) is 14.3. The fraction of sp³-hybridized carbons (Fsp3) is 0.526. The molecule has 4 heterocycles. The van der Waals surface area contributed by atoms with Crippen LogP contribution in [0.2, 0.25) is 0 Å². The van der Waals surface area contributed by atoms with E-state index in [0.29, 0.717) is 17.3 Å². The molecule has 2 aromatic rings. The van der Waals surface area contributed by atoms with E-state index in [4.69, 9.17) is 5.73 Å². The maximum atomic E-state index is 12.5. The number of primary amides is 1. The van der Waals surface area contributed by atoms with Crippen LogP contribution >= 0.6 is 0 Å². The molecule has 0 saturated carbocycles. The Hall–Kier alpha value is -3.37. The predicted molar refractivity (Wildman–Crippen MR) is 112 cm³/mol. The van der Waals surface area contributed by atoms with Crippen LogP contribution in [-0.4, -0.2) is 80.3 Å². The molecule has 2 aliphatic rings. The largest absolute Gasteiger partial charge is 0.364 e. The minimum Gasteiger partial charge on any atom is -0.364 e. The highest BCUT2D eigenvalue weighted by molar-refractivity contribution is 5.96. The lowest BCUT2D eigenvalue weighted by molar-refractivity contribution is 0.0996. The first-order valence-electron chi connectivity index (χ1n) is 10.1. The summed E-state index contributed by atoms with van der Waals surface area (Å²) < 4.78 is 1.64. The van der Waals surface area contributed by atoms with Crippen molar-refractivity contribution >= 4 is 29.3 Å². The zero-order valence-electron chi connectivity index (χ0n) is 17.4. The number of urea groups is 1. The van der Waals surface area contributed by atoms with Crippen molar-refractivity contribution in [3.8, 4) is 0 Å². The fourth-order valence-corrected chi connectivity index (χ4v) is 4.25. The van der Waals surface area contributed by atoms with E-state index in [2.05, 4.69) is 32.2 Å². The molecule has 2 fully saturated rings. The fourth-order valence-electron chi connectivity index (χ4n) is 4.25. The Morgan fingerprint density at radius 2 is 2.00 bits per heavy atom. The topological polar surface area (TPSA) is 126 Å². The predicted octanol–water partition coefficient (Wildman–Crippen LogP) is 0.777. The summed E-state index contributed by atoms with van der Waals surface area (Å²) in [6, 6.07) is 0.237. The molecule has 4 rings (SSSR count). The molecule has 0 spiro atoms. The highest BCUT2D eigenvalue weighted by Gasteiger charge is 2.39. The van der Waals surface area contributed by atoms with Gasteiger partial charge < -0.3 is 25.8 Å². The summed E-state index contributed by atoms with van der Waals surface area (Å²) in [7, 11) is 3.63. The van der Waals surface area contributed by atoms with Gasteiger partial charge in [0.2, 0.25) is 0 Å². The average molecular weight is 413 g/mol. The van der Waals surface area contributed by atoms with Crippen molar-refractivity contribution in [1.29, 1.82) is 0 Å². The smallest absolute Gasteiger partial charge is 0.320 e. The lowest BCUT2D eigenvalue weighted by Gasteiger charge is -2.43. The molecule has 0 aliphatic carbocycles. The number of aromatic nitrogens is 4. The molecular formula is C19H27N9O2. The van der Waals surface area contributed by atoms with Crippen LogP contribution in [0.3, 0.4) is 0 Å². The Morgan fingerprint density at radius 1 is 1.20 bits per heavy atom. The summed E-state index contributed by atoms with van der Waals surface area (Å²) in [6.45, 7) is 4.38. The van der Waals surface area contributed by atoms with Crippen LogP contribution in [0.4, 0.5) is 22.1 Å². The Kier molecular flexibility index (Phi) is 5.18. The number of nitrogens with zero attached hydrogens (tertiary/aromatic N) is 7. The van der Waals surface area contributed by atoms with E-state index in [-0.39, 0.29) is 23.8 Å². The number of nitrogens with one attached hydrogen (secondary N) is 1. The molecule has 2 aromatic heterocycles. The number of hydrogen-bond acceptors (Lipinski definition) is 7. The number of amides is 3. The van der Waals surface area contributed by atoms with Gasteiger partial charge in [0.15, 0.2) is 11.5 Å². The molecule has 160 valence electrons. The van der Waals surface area contributed by atoms with Crippen molar-refractivity contribution < 1.29 is 9.59 Å². The monoisotopic (exact) mass is 413 g/mol. The molecule has 2 saturated heterocycles. The van der Waals surface area contributed by atoms with Crippen LogP contribution in [-0.2, 0) is 7.05 Å². The van der Waals surface area contributed by atoms with Gasteiger partial charge >= 0.3 is 6.03 Å². The quantitative estimate of drug-likeness (QED) is 0.742. The van der Waals surface area contributed by atoms with Gasteiger partial charge in [0.05, 0.1) is 24.1 Å². The van der Waals surface area contributed by atoms with Crippen molar-refractivity contribution in [2.24, 2.45) is 12.8 Å². The molecule has 0 aromatic carbocycles. The molecule has 11 heteroatoms. The first-order valence-corrected chi connectivity index (χ1v) is 10.1. The van der Waals surface area contributed by atoms with Crippen molar-refractivity contribution in [3.05, 3.63) is 24.3 Å². The molecule has 0 radical (unpaired) electrons. The second-order valence-electron chi connectivity index (χ2n) is 7.86. The minimum atomic E-state index is -0.657. The van der Waals surface area contributed by atoms with Crippen LogP contribution in [0.1, 0.15) is 30.3 Å². The summed E-state index contributed by atoms with van der Waals surface area (Å²) >= 11 is 0. The molecule has 2 atom stereocenters. The normalized spacial score (nSPS) is 22.0. The maximum Gasteiger partial charge on any atom is 0.320 e. The number of carbonyl (C=O) groups is 2. The van der Waals surface area contributed by atoms with E-state index < -0.39 is 5.91 Å². The SMILES string of the molecule is C[C@@H]1[C@H](N2CCN(C)C2=O)CCCN1c1cnc(C(N)=O)c(Nc2cnn(C)c2)n1. The van der Waals surface area contributed by atoms with Gasteiger partial charge in [0.25, 0.3) is 5.91 Å². The van der Waals surface area contributed by atoms with E-state index in [9.17, 15) is 9.59 Å². The highest BCUT2D eigenvalue weighted by Crippen LogP contribution is 2.30. The number of likely N-dealkylation sites (N-methyl/N-ethyl adjacent to an activating group) is 1. The number of carbonyl (C=O) groups excluding carboxylic acids is 2. The molecule has 2 aliphatic heterocycles. The standard InChI is InChI=1S/C19H27N9O2/c1-12-14(28-8-7-25(2)19(28)30)5-4-6-27(12)15-10-21-16(17(20)29)18(24-15)23-13-9-22-26(3)11-13/h9-12,14H,4-8H2,1-3H3,(H2,20,29)(H,23,24)/t12-,14-/m1/s1. The van der Waals surface area contributed by atoms with Gasteiger partial charge in [-0.3, -0.25) is 9.48 Å². The van der Waals surface area contributed by atoms with Crippen molar-refractivity contribution in [2.45, 2.75) is 31.8 Å². The van der Waals surface area contributed by atoms with E-state index in [1.807, 2.05) is 11.9 Å². The molecule has 3 N–H and O–H groups in total. The third-order valence-electron chi connectivity index (χ3n) is 5.85. The zero-order chi connectivity index (χ0) is 21.4. The number of hydrogen-bond donors (Lipinski definition) is 2. The van der Waals surface area contributed by atoms with Crippen LogP contribution < -0.4 is 16.0 Å². The van der Waals surface area contributed by atoms with Gasteiger partial charge in [-0.05, 0) is 19.8 Å². The second kappa shape index (κ2) is 7.81. The minimum absolute atomic E-state index is 0.0640. The van der Waals surface area contributed by atoms with Crippen LogP contribution in [0, 0.1) is 0 Å².